The van der Waals surface area contributed by atoms with Crippen molar-refractivity contribution in [1.29, 1.82) is 0 Å². The zero-order valence-electron chi connectivity index (χ0n) is 18.7. The first-order valence-electron chi connectivity index (χ1n) is 10.5. The summed E-state index contributed by atoms with van der Waals surface area (Å²) in [4.78, 5) is 26.4. The van der Waals surface area contributed by atoms with Crippen LogP contribution in [0.1, 0.15) is 32.6 Å². The van der Waals surface area contributed by atoms with Crippen LogP contribution in [0.5, 0.6) is 0 Å². The number of ketones is 1. The molecule has 0 fully saturated rings. The quantitative estimate of drug-likeness (QED) is 0.432. The normalized spacial score (nSPS) is 12.7. The van der Waals surface area contributed by atoms with Gasteiger partial charge in [0.25, 0.3) is 15.6 Å². The molecule has 0 atom stereocenters. The summed E-state index contributed by atoms with van der Waals surface area (Å²) in [7, 11) is -2.33. The van der Waals surface area contributed by atoms with Crippen LogP contribution >= 0.6 is 0 Å². The second-order valence-corrected chi connectivity index (χ2v) is 10.2. The van der Waals surface area contributed by atoms with Crippen molar-refractivity contribution in [3.8, 4) is 11.1 Å². The molecule has 0 amide bonds. The van der Waals surface area contributed by atoms with E-state index in [9.17, 15) is 18.0 Å². The highest BCUT2D eigenvalue weighted by Crippen LogP contribution is 2.42. The number of aromatic nitrogens is 1. The molecule has 1 aromatic heterocycles. The zero-order valence-corrected chi connectivity index (χ0v) is 19.5. The molecule has 1 heterocycles. The maximum atomic E-state index is 13.6. The molecule has 5 rings (SSSR count). The molecule has 0 spiro atoms. The molecule has 7 heteroatoms. The van der Waals surface area contributed by atoms with Crippen LogP contribution in [0.25, 0.3) is 22.0 Å². The number of benzene rings is 3. The highest BCUT2D eigenvalue weighted by atomic mass is 32.2. The Morgan fingerprint density at radius 3 is 2.12 bits per heavy atom. The standard InChI is InChI=1S/C26H22N2O4S/c1-14-11-15(2)26(16(3)12-14)33(31,32)27-20-9-10-21-23-19(13-22(29)28(21)4)17-7-5-6-8-18(17)25(30)24(20)23/h5-13,27H,1-4H3. The van der Waals surface area contributed by atoms with Crippen molar-refractivity contribution >= 4 is 32.4 Å². The Morgan fingerprint density at radius 1 is 0.818 bits per heavy atom. The second kappa shape index (κ2) is 7.15. The van der Waals surface area contributed by atoms with Gasteiger partial charge in [0.15, 0.2) is 5.78 Å². The van der Waals surface area contributed by atoms with Crippen LogP contribution in [0.3, 0.4) is 0 Å². The summed E-state index contributed by atoms with van der Waals surface area (Å²) in [6, 6.07) is 15.5. The minimum atomic E-state index is -3.97. The van der Waals surface area contributed by atoms with E-state index in [-0.39, 0.29) is 27.5 Å². The number of fused-ring (bicyclic) bond motifs is 2. The lowest BCUT2D eigenvalue weighted by atomic mass is 9.83. The lowest BCUT2D eigenvalue weighted by molar-refractivity contribution is 0.104. The molecule has 1 N–H and O–H groups in total. The van der Waals surface area contributed by atoms with Gasteiger partial charge in [0.05, 0.1) is 21.7 Å². The first kappa shape index (κ1) is 21.2. The molecule has 3 aromatic carbocycles. The third-order valence-corrected chi connectivity index (χ3v) is 7.89. The van der Waals surface area contributed by atoms with Gasteiger partial charge in [0, 0.05) is 24.1 Å². The molecule has 1 aliphatic rings. The largest absolute Gasteiger partial charge is 0.311 e. The van der Waals surface area contributed by atoms with Gasteiger partial charge in [0.1, 0.15) is 0 Å². The number of carbonyl (C=O) groups excluding carboxylic acids is 1. The highest BCUT2D eigenvalue weighted by Gasteiger charge is 2.31. The molecular formula is C26H22N2O4S. The maximum absolute atomic E-state index is 13.6. The van der Waals surface area contributed by atoms with Crippen LogP contribution in [0, 0.1) is 20.8 Å². The van der Waals surface area contributed by atoms with E-state index in [4.69, 9.17) is 0 Å². The average Bonchev–Trinajstić information content (AvgIpc) is 2.74. The fourth-order valence-electron chi connectivity index (χ4n) is 4.93. The van der Waals surface area contributed by atoms with E-state index >= 15 is 0 Å². The van der Waals surface area contributed by atoms with E-state index in [1.54, 1.807) is 51.2 Å². The van der Waals surface area contributed by atoms with Crippen molar-refractivity contribution < 1.29 is 13.2 Å². The number of hydrogen-bond donors (Lipinski definition) is 1. The van der Waals surface area contributed by atoms with E-state index in [0.29, 0.717) is 38.7 Å². The topological polar surface area (TPSA) is 85.2 Å². The predicted molar refractivity (Wildman–Crippen MR) is 130 cm³/mol. The number of aryl methyl sites for hydroxylation is 4. The van der Waals surface area contributed by atoms with Gasteiger partial charge in [-0.25, -0.2) is 8.42 Å². The number of hydrogen-bond acceptors (Lipinski definition) is 4. The number of anilines is 1. The highest BCUT2D eigenvalue weighted by molar-refractivity contribution is 7.92. The predicted octanol–water partition coefficient (Wildman–Crippen LogP) is 4.48. The minimum Gasteiger partial charge on any atom is -0.311 e. The summed E-state index contributed by atoms with van der Waals surface area (Å²) in [6.45, 7) is 5.43. The van der Waals surface area contributed by atoms with E-state index in [1.165, 1.54) is 10.6 Å². The summed E-state index contributed by atoms with van der Waals surface area (Å²) in [5.74, 6) is -0.280. The third kappa shape index (κ3) is 3.11. The Morgan fingerprint density at radius 2 is 1.45 bits per heavy atom. The van der Waals surface area contributed by atoms with Gasteiger partial charge >= 0.3 is 0 Å². The lowest BCUT2D eigenvalue weighted by Crippen LogP contribution is -2.23. The van der Waals surface area contributed by atoms with E-state index < -0.39 is 10.0 Å². The summed E-state index contributed by atoms with van der Waals surface area (Å²) >= 11 is 0. The Labute approximate surface area is 191 Å². The Bertz CT molecular complexity index is 1660. The van der Waals surface area contributed by atoms with Crippen molar-refractivity contribution in [2.75, 3.05) is 4.72 Å². The van der Waals surface area contributed by atoms with E-state index in [1.807, 2.05) is 25.1 Å². The maximum Gasteiger partial charge on any atom is 0.262 e. The molecule has 33 heavy (non-hydrogen) atoms. The van der Waals surface area contributed by atoms with Crippen LogP contribution in [-0.2, 0) is 17.1 Å². The monoisotopic (exact) mass is 458 g/mol. The second-order valence-electron chi connectivity index (χ2n) is 8.55. The third-order valence-electron chi connectivity index (χ3n) is 6.22. The molecule has 1 aliphatic carbocycles. The van der Waals surface area contributed by atoms with Gasteiger partial charge in [-0.15, -0.1) is 0 Å². The minimum absolute atomic E-state index is 0.196. The van der Waals surface area contributed by atoms with Crippen LogP contribution < -0.4 is 10.3 Å². The van der Waals surface area contributed by atoms with Crippen LogP contribution in [0.15, 0.2) is 64.3 Å². The fourth-order valence-corrected chi connectivity index (χ4v) is 6.45. The molecule has 0 saturated carbocycles. The van der Waals surface area contributed by atoms with Gasteiger partial charge in [-0.2, -0.15) is 0 Å². The van der Waals surface area contributed by atoms with Crippen molar-refractivity contribution in [2.24, 2.45) is 7.05 Å². The SMILES string of the molecule is Cc1cc(C)c(S(=O)(=O)Nc2ccc3c4c(cc(=O)n3C)-c3ccccc3C(=O)c24)c(C)c1. The number of carbonyl (C=O) groups is 1. The van der Waals surface area contributed by atoms with Crippen LogP contribution in [0.2, 0.25) is 0 Å². The lowest BCUT2D eigenvalue weighted by Gasteiger charge is -2.24. The molecule has 4 aromatic rings. The van der Waals surface area contributed by atoms with Crippen LogP contribution in [-0.4, -0.2) is 18.8 Å². The first-order chi connectivity index (χ1) is 15.6. The molecule has 166 valence electrons. The van der Waals surface area contributed by atoms with E-state index in [2.05, 4.69) is 4.72 Å². The number of rotatable bonds is 3. The van der Waals surface area contributed by atoms with Crippen molar-refractivity contribution in [2.45, 2.75) is 25.7 Å². The van der Waals surface area contributed by atoms with E-state index in [0.717, 1.165) is 5.56 Å². The van der Waals surface area contributed by atoms with Gasteiger partial charge in [-0.3, -0.25) is 14.3 Å². The average molecular weight is 459 g/mol. The zero-order chi connectivity index (χ0) is 23.7. The molecule has 0 unspecified atom stereocenters. The molecule has 0 aliphatic heterocycles. The molecule has 0 bridgehead atoms. The van der Waals surface area contributed by atoms with Crippen molar-refractivity contribution in [3.63, 3.8) is 0 Å². The summed E-state index contributed by atoms with van der Waals surface area (Å²) in [5, 5.41) is 0.568. The number of nitrogens with zero attached hydrogens (tertiary/aromatic N) is 1. The van der Waals surface area contributed by atoms with Gasteiger partial charge in [-0.1, -0.05) is 42.0 Å². The van der Waals surface area contributed by atoms with Crippen LogP contribution in [0.4, 0.5) is 5.69 Å². The molecule has 0 saturated heterocycles. The number of nitrogens with one attached hydrogen (secondary N) is 1. The Hall–Kier alpha value is -3.71. The summed E-state index contributed by atoms with van der Waals surface area (Å²) in [6.07, 6.45) is 0. The Balaban J connectivity index is 1.80. The Kier molecular flexibility index (Phi) is 4.58. The summed E-state index contributed by atoms with van der Waals surface area (Å²) < 4.78 is 31.1. The molecule has 6 nitrogen and oxygen atoms in total. The van der Waals surface area contributed by atoms with Crippen molar-refractivity contribution in [3.05, 3.63) is 92.8 Å². The fraction of sp³-hybridized carbons (Fsp3) is 0.154. The molecule has 0 radical (unpaired) electrons. The van der Waals surface area contributed by atoms with Gasteiger partial charge < -0.3 is 4.57 Å². The molecular weight excluding hydrogens is 436 g/mol. The first-order valence-corrected chi connectivity index (χ1v) is 12.0. The van der Waals surface area contributed by atoms with Gasteiger partial charge in [0.2, 0.25) is 0 Å². The number of pyridine rings is 1. The summed E-state index contributed by atoms with van der Waals surface area (Å²) in [5.41, 5.74) is 4.79. The van der Waals surface area contributed by atoms with Crippen molar-refractivity contribution in [1.82, 2.24) is 4.57 Å². The van der Waals surface area contributed by atoms with Gasteiger partial charge in [-0.05, 0) is 55.2 Å². The number of sulfonamides is 1. The smallest absolute Gasteiger partial charge is 0.262 e.